The van der Waals surface area contributed by atoms with Crippen LogP contribution in [0.3, 0.4) is 0 Å². The first kappa shape index (κ1) is 16.8. The number of aliphatic carboxylic acids is 1. The standard InChI is InChI=1S/C16H21N3O4/c1-2-9-19-13-5-4-12(10-11(13)3-6-14(19)20)18-16(23)17-8-7-15(21)22/h4-5,10H,2-3,6-9H2,1H3,(H,21,22)(H2,17,18,23). The Morgan fingerprint density at radius 2 is 2.09 bits per heavy atom. The number of carboxylic acids is 1. The minimum atomic E-state index is -0.959. The second-order valence-electron chi connectivity index (χ2n) is 5.41. The van der Waals surface area contributed by atoms with Gasteiger partial charge in [0.2, 0.25) is 5.91 Å². The number of aryl methyl sites for hydroxylation is 1. The number of hydrogen-bond acceptors (Lipinski definition) is 3. The van der Waals surface area contributed by atoms with E-state index in [1.54, 1.807) is 11.0 Å². The van der Waals surface area contributed by atoms with Crippen molar-refractivity contribution in [3.8, 4) is 0 Å². The number of rotatable bonds is 6. The molecule has 1 aromatic rings. The molecule has 3 amide bonds. The third kappa shape index (κ3) is 4.45. The second kappa shape index (κ2) is 7.62. The first-order chi connectivity index (χ1) is 11.0. The number of nitrogens with zero attached hydrogens (tertiary/aromatic N) is 1. The number of carboxylic acid groups (broad SMARTS) is 1. The van der Waals surface area contributed by atoms with Crippen molar-refractivity contribution in [1.29, 1.82) is 0 Å². The smallest absolute Gasteiger partial charge is 0.319 e. The fourth-order valence-electron chi connectivity index (χ4n) is 2.56. The number of amides is 3. The largest absolute Gasteiger partial charge is 0.481 e. The number of urea groups is 1. The van der Waals surface area contributed by atoms with Crippen molar-refractivity contribution in [2.24, 2.45) is 0 Å². The highest BCUT2D eigenvalue weighted by Crippen LogP contribution is 2.30. The van der Waals surface area contributed by atoms with Gasteiger partial charge in [0, 0.05) is 30.9 Å². The maximum atomic E-state index is 12.0. The molecule has 0 radical (unpaired) electrons. The predicted octanol–water partition coefficient (Wildman–Crippen LogP) is 1.97. The quantitative estimate of drug-likeness (QED) is 0.746. The summed E-state index contributed by atoms with van der Waals surface area (Å²) in [5, 5.41) is 13.7. The zero-order chi connectivity index (χ0) is 16.8. The molecule has 23 heavy (non-hydrogen) atoms. The maximum absolute atomic E-state index is 12.0. The van der Waals surface area contributed by atoms with E-state index in [9.17, 15) is 14.4 Å². The van der Waals surface area contributed by atoms with Gasteiger partial charge in [0.15, 0.2) is 0 Å². The van der Waals surface area contributed by atoms with E-state index in [0.717, 1.165) is 17.7 Å². The van der Waals surface area contributed by atoms with E-state index < -0.39 is 12.0 Å². The molecule has 0 bridgehead atoms. The number of nitrogens with one attached hydrogen (secondary N) is 2. The minimum Gasteiger partial charge on any atom is -0.481 e. The normalized spacial score (nSPS) is 13.4. The number of anilines is 2. The van der Waals surface area contributed by atoms with Crippen LogP contribution in [0, 0.1) is 0 Å². The van der Waals surface area contributed by atoms with Gasteiger partial charge in [-0.2, -0.15) is 0 Å². The Kier molecular flexibility index (Phi) is 5.56. The van der Waals surface area contributed by atoms with Crippen molar-refractivity contribution < 1.29 is 19.5 Å². The van der Waals surface area contributed by atoms with E-state index in [0.29, 0.717) is 25.1 Å². The van der Waals surface area contributed by atoms with Gasteiger partial charge in [-0.05, 0) is 36.6 Å². The van der Waals surface area contributed by atoms with Crippen LogP contribution in [0.2, 0.25) is 0 Å². The van der Waals surface area contributed by atoms with Gasteiger partial charge in [0.05, 0.1) is 6.42 Å². The van der Waals surface area contributed by atoms with Crippen LogP contribution in [0.25, 0.3) is 0 Å². The third-order valence-electron chi connectivity index (χ3n) is 3.61. The molecule has 1 heterocycles. The summed E-state index contributed by atoms with van der Waals surface area (Å²) in [5.74, 6) is -0.828. The Labute approximate surface area is 134 Å². The van der Waals surface area contributed by atoms with Crippen molar-refractivity contribution >= 4 is 29.3 Å². The lowest BCUT2D eigenvalue weighted by Crippen LogP contribution is -2.35. The van der Waals surface area contributed by atoms with Crippen molar-refractivity contribution in [2.45, 2.75) is 32.6 Å². The zero-order valence-electron chi connectivity index (χ0n) is 13.1. The lowest BCUT2D eigenvalue weighted by Gasteiger charge is -2.29. The summed E-state index contributed by atoms with van der Waals surface area (Å²) in [6.45, 7) is 2.79. The van der Waals surface area contributed by atoms with Gasteiger partial charge in [0.25, 0.3) is 0 Å². The lowest BCUT2D eigenvalue weighted by atomic mass is 10.00. The fraction of sp³-hybridized carbons (Fsp3) is 0.438. The summed E-state index contributed by atoms with van der Waals surface area (Å²) in [4.78, 5) is 35.9. The van der Waals surface area contributed by atoms with Gasteiger partial charge in [-0.25, -0.2) is 4.79 Å². The average molecular weight is 319 g/mol. The van der Waals surface area contributed by atoms with E-state index in [1.165, 1.54) is 0 Å². The molecule has 0 unspecified atom stereocenters. The summed E-state index contributed by atoms with van der Waals surface area (Å²) >= 11 is 0. The average Bonchev–Trinajstić information content (AvgIpc) is 2.50. The number of carbonyl (C=O) groups excluding carboxylic acids is 2. The van der Waals surface area contributed by atoms with Gasteiger partial charge >= 0.3 is 12.0 Å². The highest BCUT2D eigenvalue weighted by Gasteiger charge is 2.23. The molecule has 1 aromatic carbocycles. The Hall–Kier alpha value is -2.57. The Morgan fingerprint density at radius 1 is 1.30 bits per heavy atom. The van der Waals surface area contributed by atoms with Crippen molar-refractivity contribution in [2.75, 3.05) is 23.3 Å². The van der Waals surface area contributed by atoms with Gasteiger partial charge < -0.3 is 20.6 Å². The molecule has 0 fully saturated rings. The molecular weight excluding hydrogens is 298 g/mol. The van der Waals surface area contributed by atoms with Crippen LogP contribution < -0.4 is 15.5 Å². The van der Waals surface area contributed by atoms with Crippen LogP contribution in [0.1, 0.15) is 31.7 Å². The van der Waals surface area contributed by atoms with Crippen LogP contribution in [0.15, 0.2) is 18.2 Å². The topological polar surface area (TPSA) is 98.7 Å². The summed E-state index contributed by atoms with van der Waals surface area (Å²) in [6.07, 6.45) is 1.90. The monoisotopic (exact) mass is 319 g/mol. The molecule has 7 heteroatoms. The van der Waals surface area contributed by atoms with Crippen LogP contribution in [-0.4, -0.2) is 36.1 Å². The van der Waals surface area contributed by atoms with Crippen LogP contribution >= 0.6 is 0 Å². The SMILES string of the molecule is CCCN1C(=O)CCc2cc(NC(=O)NCCC(=O)O)ccc21. The molecule has 2 rings (SSSR count). The van der Waals surface area contributed by atoms with Gasteiger partial charge in [-0.15, -0.1) is 0 Å². The van der Waals surface area contributed by atoms with Crippen molar-refractivity contribution in [1.82, 2.24) is 5.32 Å². The summed E-state index contributed by atoms with van der Waals surface area (Å²) in [7, 11) is 0. The molecule has 0 aliphatic carbocycles. The Balaban J connectivity index is 2.02. The summed E-state index contributed by atoms with van der Waals surface area (Å²) in [5.41, 5.74) is 2.56. The van der Waals surface area contributed by atoms with Gasteiger partial charge in [-0.3, -0.25) is 9.59 Å². The van der Waals surface area contributed by atoms with Crippen LogP contribution in [0.4, 0.5) is 16.2 Å². The molecule has 0 aromatic heterocycles. The molecule has 124 valence electrons. The highest BCUT2D eigenvalue weighted by atomic mass is 16.4. The molecule has 3 N–H and O–H groups in total. The summed E-state index contributed by atoms with van der Waals surface area (Å²) < 4.78 is 0. The Morgan fingerprint density at radius 3 is 2.78 bits per heavy atom. The van der Waals surface area contributed by atoms with Crippen molar-refractivity contribution in [3.05, 3.63) is 23.8 Å². The number of hydrogen-bond donors (Lipinski definition) is 3. The first-order valence-electron chi connectivity index (χ1n) is 7.71. The van der Waals surface area contributed by atoms with E-state index in [4.69, 9.17) is 5.11 Å². The molecule has 1 aliphatic rings. The van der Waals surface area contributed by atoms with Gasteiger partial charge in [-0.1, -0.05) is 6.92 Å². The first-order valence-corrected chi connectivity index (χ1v) is 7.71. The molecule has 7 nitrogen and oxygen atoms in total. The van der Waals surface area contributed by atoms with E-state index in [-0.39, 0.29) is 18.9 Å². The predicted molar refractivity (Wildman–Crippen MR) is 86.7 cm³/mol. The molecule has 0 saturated heterocycles. The molecule has 0 spiro atoms. The number of fused-ring (bicyclic) bond motifs is 1. The Bertz CT molecular complexity index is 615. The van der Waals surface area contributed by atoms with E-state index in [2.05, 4.69) is 10.6 Å². The van der Waals surface area contributed by atoms with E-state index >= 15 is 0 Å². The zero-order valence-corrected chi connectivity index (χ0v) is 13.1. The minimum absolute atomic E-state index is 0.0743. The molecular formula is C16H21N3O4. The second-order valence-corrected chi connectivity index (χ2v) is 5.41. The lowest BCUT2D eigenvalue weighted by molar-refractivity contribution is -0.136. The highest BCUT2D eigenvalue weighted by molar-refractivity contribution is 5.97. The number of benzene rings is 1. The summed E-state index contributed by atoms with van der Waals surface area (Å²) in [6, 6.07) is 5.01. The van der Waals surface area contributed by atoms with Crippen LogP contribution in [-0.2, 0) is 16.0 Å². The van der Waals surface area contributed by atoms with Crippen LogP contribution in [0.5, 0.6) is 0 Å². The van der Waals surface area contributed by atoms with E-state index in [1.807, 2.05) is 19.1 Å². The molecule has 1 aliphatic heterocycles. The molecule has 0 atom stereocenters. The number of carbonyl (C=O) groups is 3. The fourth-order valence-corrected chi connectivity index (χ4v) is 2.56. The molecule has 0 saturated carbocycles. The maximum Gasteiger partial charge on any atom is 0.319 e. The van der Waals surface area contributed by atoms with Gasteiger partial charge in [0.1, 0.15) is 0 Å². The third-order valence-corrected chi connectivity index (χ3v) is 3.61. The van der Waals surface area contributed by atoms with Crippen molar-refractivity contribution in [3.63, 3.8) is 0 Å².